The monoisotopic (exact) mass is 182 g/mol. The Bertz CT molecular complexity index is 199. The highest BCUT2D eigenvalue weighted by atomic mass is 16.2. The Morgan fingerprint density at radius 2 is 2.38 bits per heavy atom. The molecule has 1 rings (SSSR count). The molecule has 1 N–H and O–H groups in total. The summed E-state index contributed by atoms with van der Waals surface area (Å²) in [5, 5.41) is 3.18. The van der Waals surface area contributed by atoms with Crippen molar-refractivity contribution in [3.8, 4) is 0 Å². The third kappa shape index (κ3) is 2.31. The van der Waals surface area contributed by atoms with Gasteiger partial charge in [0.15, 0.2) is 0 Å². The van der Waals surface area contributed by atoms with Crippen LogP contribution in [-0.2, 0) is 4.79 Å². The molecule has 1 aliphatic rings. The minimum Gasteiger partial charge on any atom is -0.342 e. The maximum atomic E-state index is 11.7. The second kappa shape index (κ2) is 4.42. The molecule has 74 valence electrons. The summed E-state index contributed by atoms with van der Waals surface area (Å²) in [6.45, 7) is 8.23. The van der Waals surface area contributed by atoms with Gasteiger partial charge in [0.05, 0.1) is 0 Å². The van der Waals surface area contributed by atoms with Crippen molar-refractivity contribution in [2.45, 2.75) is 6.92 Å². The standard InChI is InChI=1S/C10H18N2O/c1-4-5-12(3)10(13)8(2)9-6-11-7-9/h4,8-9,11H,1,5-7H2,2-3H3. The minimum atomic E-state index is 0.145. The first-order chi connectivity index (χ1) is 6.16. The van der Waals surface area contributed by atoms with Gasteiger partial charge in [-0.15, -0.1) is 6.58 Å². The van der Waals surface area contributed by atoms with E-state index in [1.807, 2.05) is 14.0 Å². The van der Waals surface area contributed by atoms with Crippen LogP contribution in [0, 0.1) is 11.8 Å². The second-order valence-electron chi connectivity index (χ2n) is 3.71. The van der Waals surface area contributed by atoms with Gasteiger partial charge in [-0.3, -0.25) is 4.79 Å². The van der Waals surface area contributed by atoms with Gasteiger partial charge < -0.3 is 10.2 Å². The molecule has 1 aliphatic heterocycles. The van der Waals surface area contributed by atoms with Gasteiger partial charge in [0, 0.05) is 19.5 Å². The average Bonchev–Trinajstić information content (AvgIpc) is 2.00. The lowest BCUT2D eigenvalue weighted by atomic mass is 9.88. The zero-order chi connectivity index (χ0) is 9.84. The Balaban J connectivity index is 2.40. The van der Waals surface area contributed by atoms with Crippen molar-refractivity contribution in [1.82, 2.24) is 10.2 Å². The van der Waals surface area contributed by atoms with Crippen molar-refractivity contribution in [3.05, 3.63) is 12.7 Å². The molecular formula is C10H18N2O. The van der Waals surface area contributed by atoms with Gasteiger partial charge >= 0.3 is 0 Å². The fraction of sp³-hybridized carbons (Fsp3) is 0.700. The average molecular weight is 182 g/mol. The van der Waals surface area contributed by atoms with E-state index in [0.29, 0.717) is 12.5 Å². The highest BCUT2D eigenvalue weighted by Gasteiger charge is 2.29. The summed E-state index contributed by atoms with van der Waals surface area (Å²) < 4.78 is 0. The molecule has 13 heavy (non-hydrogen) atoms. The molecule has 1 heterocycles. The van der Waals surface area contributed by atoms with Gasteiger partial charge in [-0.2, -0.15) is 0 Å². The van der Waals surface area contributed by atoms with Crippen LogP contribution in [0.25, 0.3) is 0 Å². The molecule has 0 spiro atoms. The quantitative estimate of drug-likeness (QED) is 0.642. The summed E-state index contributed by atoms with van der Waals surface area (Å²) in [7, 11) is 1.83. The van der Waals surface area contributed by atoms with Crippen molar-refractivity contribution < 1.29 is 4.79 Å². The molecule has 0 aromatic heterocycles. The van der Waals surface area contributed by atoms with Gasteiger partial charge in [0.25, 0.3) is 0 Å². The number of carbonyl (C=O) groups is 1. The first-order valence-corrected chi connectivity index (χ1v) is 4.73. The van der Waals surface area contributed by atoms with Crippen molar-refractivity contribution in [3.63, 3.8) is 0 Å². The van der Waals surface area contributed by atoms with Crippen LogP contribution in [0.3, 0.4) is 0 Å². The van der Waals surface area contributed by atoms with E-state index in [-0.39, 0.29) is 11.8 Å². The SMILES string of the molecule is C=CCN(C)C(=O)C(C)C1CNC1. The van der Waals surface area contributed by atoms with Gasteiger partial charge in [-0.1, -0.05) is 13.0 Å². The molecule has 1 fully saturated rings. The third-order valence-electron chi connectivity index (χ3n) is 2.69. The molecular weight excluding hydrogens is 164 g/mol. The summed E-state index contributed by atoms with van der Waals surface area (Å²) >= 11 is 0. The Hall–Kier alpha value is -0.830. The van der Waals surface area contributed by atoms with Crippen LogP contribution >= 0.6 is 0 Å². The van der Waals surface area contributed by atoms with Crippen LogP contribution in [0.5, 0.6) is 0 Å². The van der Waals surface area contributed by atoms with Gasteiger partial charge in [-0.25, -0.2) is 0 Å². The molecule has 0 saturated carbocycles. The Kier molecular flexibility index (Phi) is 3.48. The molecule has 1 saturated heterocycles. The van der Waals surface area contributed by atoms with Crippen LogP contribution in [0.4, 0.5) is 0 Å². The Labute approximate surface area is 79.8 Å². The number of rotatable bonds is 4. The molecule has 0 aromatic carbocycles. The number of nitrogens with one attached hydrogen (secondary N) is 1. The van der Waals surface area contributed by atoms with E-state index in [2.05, 4.69) is 11.9 Å². The summed E-state index contributed by atoms with van der Waals surface area (Å²) in [5.74, 6) is 0.900. The van der Waals surface area contributed by atoms with E-state index in [0.717, 1.165) is 13.1 Å². The predicted octanol–water partition coefficient (Wildman–Crippen LogP) is 0.486. The minimum absolute atomic E-state index is 0.145. The van der Waals surface area contributed by atoms with Crippen LogP contribution in [0.2, 0.25) is 0 Å². The van der Waals surface area contributed by atoms with Crippen LogP contribution in [0.15, 0.2) is 12.7 Å². The molecule has 1 atom stereocenters. The van der Waals surface area contributed by atoms with Gasteiger partial charge in [0.2, 0.25) is 5.91 Å². The second-order valence-corrected chi connectivity index (χ2v) is 3.71. The smallest absolute Gasteiger partial charge is 0.225 e. The Morgan fingerprint density at radius 3 is 2.77 bits per heavy atom. The van der Waals surface area contributed by atoms with Crippen LogP contribution in [-0.4, -0.2) is 37.5 Å². The molecule has 1 amide bonds. The normalized spacial score (nSPS) is 18.9. The molecule has 3 nitrogen and oxygen atoms in total. The number of likely N-dealkylation sites (N-methyl/N-ethyl adjacent to an activating group) is 1. The van der Waals surface area contributed by atoms with Gasteiger partial charge in [-0.05, 0) is 19.0 Å². The topological polar surface area (TPSA) is 32.3 Å². The van der Waals surface area contributed by atoms with E-state index in [1.54, 1.807) is 11.0 Å². The largest absolute Gasteiger partial charge is 0.342 e. The highest BCUT2D eigenvalue weighted by molar-refractivity contribution is 5.78. The molecule has 3 heteroatoms. The van der Waals surface area contributed by atoms with E-state index < -0.39 is 0 Å². The summed E-state index contributed by atoms with van der Waals surface area (Å²) in [5.41, 5.74) is 0. The number of nitrogens with zero attached hydrogens (tertiary/aromatic N) is 1. The third-order valence-corrected chi connectivity index (χ3v) is 2.69. The highest BCUT2D eigenvalue weighted by Crippen LogP contribution is 2.17. The van der Waals surface area contributed by atoms with E-state index in [9.17, 15) is 4.79 Å². The number of hydrogen-bond acceptors (Lipinski definition) is 2. The summed E-state index contributed by atoms with van der Waals surface area (Å²) in [4.78, 5) is 13.4. The van der Waals surface area contributed by atoms with Crippen molar-refractivity contribution in [2.75, 3.05) is 26.7 Å². The maximum Gasteiger partial charge on any atom is 0.225 e. The van der Waals surface area contributed by atoms with Crippen LogP contribution < -0.4 is 5.32 Å². The van der Waals surface area contributed by atoms with Crippen molar-refractivity contribution >= 4 is 5.91 Å². The van der Waals surface area contributed by atoms with E-state index in [4.69, 9.17) is 0 Å². The predicted molar refractivity (Wildman–Crippen MR) is 53.4 cm³/mol. The summed E-state index contributed by atoms with van der Waals surface area (Å²) in [6, 6.07) is 0. The van der Waals surface area contributed by atoms with Crippen LogP contribution in [0.1, 0.15) is 6.92 Å². The molecule has 0 radical (unpaired) electrons. The molecule has 0 bridgehead atoms. The van der Waals surface area contributed by atoms with Gasteiger partial charge in [0.1, 0.15) is 0 Å². The first kappa shape index (κ1) is 10.3. The fourth-order valence-electron chi connectivity index (χ4n) is 1.50. The number of carbonyl (C=O) groups excluding carboxylic acids is 1. The van der Waals surface area contributed by atoms with E-state index >= 15 is 0 Å². The maximum absolute atomic E-state index is 11.7. The first-order valence-electron chi connectivity index (χ1n) is 4.73. The number of hydrogen-bond donors (Lipinski definition) is 1. The zero-order valence-corrected chi connectivity index (χ0v) is 8.42. The lowest BCUT2D eigenvalue weighted by molar-refractivity contribution is -0.135. The molecule has 0 aromatic rings. The molecule has 0 aliphatic carbocycles. The van der Waals surface area contributed by atoms with Crippen molar-refractivity contribution in [1.29, 1.82) is 0 Å². The fourth-order valence-corrected chi connectivity index (χ4v) is 1.50. The van der Waals surface area contributed by atoms with Crippen molar-refractivity contribution in [2.24, 2.45) is 11.8 Å². The zero-order valence-electron chi connectivity index (χ0n) is 8.42. The molecule has 1 unspecified atom stereocenters. The van der Waals surface area contributed by atoms with E-state index in [1.165, 1.54) is 0 Å². The Morgan fingerprint density at radius 1 is 1.77 bits per heavy atom. The summed E-state index contributed by atoms with van der Waals surface area (Å²) in [6.07, 6.45) is 1.75. The lowest BCUT2D eigenvalue weighted by Crippen LogP contribution is -2.49. The number of amides is 1. The lowest BCUT2D eigenvalue weighted by Gasteiger charge is -2.33.